The SMILES string of the molecule is COc1cc([N+](=O)[O-])ccc1OCC(O)c1ccccc1F. The lowest BCUT2D eigenvalue weighted by Crippen LogP contribution is -2.11. The molecule has 1 unspecified atom stereocenters. The van der Waals surface area contributed by atoms with E-state index in [1.165, 1.54) is 43.5 Å². The van der Waals surface area contributed by atoms with Crippen molar-refractivity contribution in [3.8, 4) is 11.5 Å². The highest BCUT2D eigenvalue weighted by molar-refractivity contribution is 5.48. The van der Waals surface area contributed by atoms with Crippen LogP contribution in [0.3, 0.4) is 0 Å². The van der Waals surface area contributed by atoms with Crippen LogP contribution >= 0.6 is 0 Å². The second-order valence-electron chi connectivity index (χ2n) is 4.44. The smallest absolute Gasteiger partial charge is 0.273 e. The summed E-state index contributed by atoms with van der Waals surface area (Å²) in [7, 11) is 1.35. The van der Waals surface area contributed by atoms with Crippen molar-refractivity contribution in [3.63, 3.8) is 0 Å². The molecule has 0 spiro atoms. The largest absolute Gasteiger partial charge is 0.493 e. The third kappa shape index (κ3) is 3.50. The van der Waals surface area contributed by atoms with Crippen molar-refractivity contribution < 1.29 is 23.9 Å². The molecule has 116 valence electrons. The van der Waals surface area contributed by atoms with E-state index >= 15 is 0 Å². The minimum atomic E-state index is -1.17. The summed E-state index contributed by atoms with van der Waals surface area (Å²) in [6, 6.07) is 9.66. The Labute approximate surface area is 125 Å². The van der Waals surface area contributed by atoms with Gasteiger partial charge in [0.05, 0.1) is 18.1 Å². The maximum atomic E-state index is 13.5. The zero-order valence-corrected chi connectivity index (χ0v) is 11.7. The van der Waals surface area contributed by atoms with Crippen molar-refractivity contribution in [2.24, 2.45) is 0 Å². The Balaban J connectivity index is 2.11. The van der Waals surface area contributed by atoms with Gasteiger partial charge >= 0.3 is 0 Å². The summed E-state index contributed by atoms with van der Waals surface area (Å²) in [6.07, 6.45) is -1.17. The third-order valence-corrected chi connectivity index (χ3v) is 3.02. The number of methoxy groups -OCH3 is 1. The lowest BCUT2D eigenvalue weighted by molar-refractivity contribution is -0.385. The Kier molecular flexibility index (Phi) is 4.90. The van der Waals surface area contributed by atoms with Crippen LogP contribution in [-0.2, 0) is 0 Å². The summed E-state index contributed by atoms with van der Waals surface area (Å²) < 4.78 is 23.9. The predicted octanol–water partition coefficient (Wildman–Crippen LogP) is 2.85. The molecule has 1 atom stereocenters. The minimum absolute atomic E-state index is 0.114. The Hall–Kier alpha value is -2.67. The van der Waals surface area contributed by atoms with Gasteiger partial charge in [0.25, 0.3) is 5.69 Å². The van der Waals surface area contributed by atoms with Crippen LogP contribution in [0.25, 0.3) is 0 Å². The van der Waals surface area contributed by atoms with E-state index in [0.29, 0.717) is 0 Å². The van der Waals surface area contributed by atoms with Crippen LogP contribution in [0.15, 0.2) is 42.5 Å². The Morgan fingerprint density at radius 2 is 2.00 bits per heavy atom. The highest BCUT2D eigenvalue weighted by Crippen LogP contribution is 2.32. The summed E-state index contributed by atoms with van der Waals surface area (Å²) in [5.41, 5.74) is -0.0257. The molecule has 1 N–H and O–H groups in total. The molecule has 6 nitrogen and oxygen atoms in total. The van der Waals surface area contributed by atoms with Crippen molar-refractivity contribution >= 4 is 5.69 Å². The highest BCUT2D eigenvalue weighted by atomic mass is 19.1. The number of hydrogen-bond donors (Lipinski definition) is 1. The molecule has 22 heavy (non-hydrogen) atoms. The molecule has 0 aliphatic heterocycles. The van der Waals surface area contributed by atoms with Crippen LogP contribution in [0.2, 0.25) is 0 Å². The fourth-order valence-electron chi connectivity index (χ4n) is 1.89. The second kappa shape index (κ2) is 6.86. The number of benzene rings is 2. The lowest BCUT2D eigenvalue weighted by atomic mass is 10.1. The average Bonchev–Trinajstić information content (AvgIpc) is 2.52. The molecule has 0 aliphatic carbocycles. The number of aliphatic hydroxyl groups is 1. The van der Waals surface area contributed by atoms with E-state index in [2.05, 4.69) is 0 Å². The number of nitrogens with zero attached hydrogens (tertiary/aromatic N) is 1. The third-order valence-electron chi connectivity index (χ3n) is 3.02. The molecule has 2 aromatic carbocycles. The Morgan fingerprint density at radius 3 is 2.64 bits per heavy atom. The van der Waals surface area contributed by atoms with Gasteiger partial charge in [0.1, 0.15) is 18.5 Å². The van der Waals surface area contributed by atoms with Gasteiger partial charge in [-0.15, -0.1) is 0 Å². The van der Waals surface area contributed by atoms with E-state index in [9.17, 15) is 19.6 Å². The summed E-state index contributed by atoms with van der Waals surface area (Å²) in [6.45, 7) is -0.213. The minimum Gasteiger partial charge on any atom is -0.493 e. The molecule has 0 aliphatic rings. The monoisotopic (exact) mass is 307 g/mol. The first-order valence-electron chi connectivity index (χ1n) is 6.40. The number of halogens is 1. The van der Waals surface area contributed by atoms with Crippen molar-refractivity contribution in [1.29, 1.82) is 0 Å². The first kappa shape index (κ1) is 15.7. The van der Waals surface area contributed by atoms with Crippen LogP contribution < -0.4 is 9.47 Å². The molecule has 0 amide bonds. The molecule has 2 aromatic rings. The van der Waals surface area contributed by atoms with Crippen LogP contribution in [0.5, 0.6) is 11.5 Å². The van der Waals surface area contributed by atoms with Gasteiger partial charge in [-0.3, -0.25) is 10.1 Å². The molecule has 7 heteroatoms. The molecule has 0 saturated heterocycles. The fraction of sp³-hybridized carbons (Fsp3) is 0.200. The van der Waals surface area contributed by atoms with E-state index < -0.39 is 16.8 Å². The van der Waals surface area contributed by atoms with E-state index in [-0.39, 0.29) is 29.4 Å². The van der Waals surface area contributed by atoms with Crippen molar-refractivity contribution in [1.82, 2.24) is 0 Å². The quantitative estimate of drug-likeness (QED) is 0.655. The Morgan fingerprint density at radius 1 is 1.27 bits per heavy atom. The first-order valence-corrected chi connectivity index (χ1v) is 6.40. The van der Waals surface area contributed by atoms with Crippen LogP contribution in [0.4, 0.5) is 10.1 Å². The molecule has 0 aromatic heterocycles. The van der Waals surface area contributed by atoms with Gasteiger partial charge in [-0.25, -0.2) is 4.39 Å². The van der Waals surface area contributed by atoms with Gasteiger partial charge in [0, 0.05) is 11.6 Å². The van der Waals surface area contributed by atoms with Crippen LogP contribution in [0.1, 0.15) is 11.7 Å². The molecule has 2 rings (SSSR count). The maximum absolute atomic E-state index is 13.5. The standard InChI is InChI=1S/C15H14FNO5/c1-21-15-8-10(17(19)20)6-7-14(15)22-9-13(18)11-4-2-3-5-12(11)16/h2-8,13,18H,9H2,1H3. The highest BCUT2D eigenvalue weighted by Gasteiger charge is 2.16. The van der Waals surface area contributed by atoms with Gasteiger partial charge < -0.3 is 14.6 Å². The van der Waals surface area contributed by atoms with Gasteiger partial charge in [-0.2, -0.15) is 0 Å². The summed E-state index contributed by atoms with van der Waals surface area (Å²) in [4.78, 5) is 10.1. The Bertz CT molecular complexity index is 677. The number of rotatable bonds is 6. The normalized spacial score (nSPS) is 11.8. The van der Waals surface area contributed by atoms with E-state index in [1.54, 1.807) is 6.07 Å². The molecular formula is C15H14FNO5. The number of aliphatic hydroxyl groups excluding tert-OH is 1. The molecule has 0 fully saturated rings. The summed E-state index contributed by atoms with van der Waals surface area (Å²) >= 11 is 0. The summed E-state index contributed by atoms with van der Waals surface area (Å²) in [5, 5.41) is 20.7. The second-order valence-corrected chi connectivity index (χ2v) is 4.44. The number of ether oxygens (including phenoxy) is 2. The van der Waals surface area contributed by atoms with Crippen molar-refractivity contribution in [2.45, 2.75) is 6.10 Å². The van der Waals surface area contributed by atoms with Gasteiger partial charge in [-0.1, -0.05) is 18.2 Å². The van der Waals surface area contributed by atoms with Gasteiger partial charge in [-0.05, 0) is 12.1 Å². The summed E-state index contributed by atoms with van der Waals surface area (Å²) in [5.74, 6) is -0.146. The number of nitro benzene ring substituents is 1. The van der Waals surface area contributed by atoms with E-state index in [0.717, 1.165) is 0 Å². The van der Waals surface area contributed by atoms with Crippen molar-refractivity contribution in [3.05, 3.63) is 64.0 Å². The van der Waals surface area contributed by atoms with Gasteiger partial charge in [0.2, 0.25) is 0 Å². The zero-order chi connectivity index (χ0) is 16.1. The van der Waals surface area contributed by atoms with Crippen molar-refractivity contribution in [2.75, 3.05) is 13.7 Å². The van der Waals surface area contributed by atoms with Gasteiger partial charge in [0.15, 0.2) is 11.5 Å². The topological polar surface area (TPSA) is 81.8 Å². The molecule has 0 bridgehead atoms. The zero-order valence-electron chi connectivity index (χ0n) is 11.7. The molecule has 0 saturated carbocycles. The first-order chi connectivity index (χ1) is 10.5. The fourth-order valence-corrected chi connectivity index (χ4v) is 1.89. The van der Waals surface area contributed by atoms with Crippen LogP contribution in [0, 0.1) is 15.9 Å². The van der Waals surface area contributed by atoms with Crippen LogP contribution in [-0.4, -0.2) is 23.7 Å². The molecule has 0 radical (unpaired) electrons. The number of nitro groups is 1. The number of hydrogen-bond acceptors (Lipinski definition) is 5. The molecular weight excluding hydrogens is 293 g/mol. The van der Waals surface area contributed by atoms with E-state index in [1.807, 2.05) is 0 Å². The average molecular weight is 307 g/mol. The lowest BCUT2D eigenvalue weighted by Gasteiger charge is -2.15. The van der Waals surface area contributed by atoms with E-state index in [4.69, 9.17) is 9.47 Å². The maximum Gasteiger partial charge on any atom is 0.273 e. The predicted molar refractivity (Wildman–Crippen MR) is 76.5 cm³/mol. The number of non-ortho nitro benzene ring substituents is 1. The molecule has 0 heterocycles.